The van der Waals surface area contributed by atoms with Gasteiger partial charge in [0.15, 0.2) is 11.0 Å². The molecular formula is C20H21N5O5S. The predicted octanol–water partition coefficient (Wildman–Crippen LogP) is 3.66. The number of hydrogen-bond acceptors (Lipinski definition) is 8. The zero-order chi connectivity index (χ0) is 21.8. The van der Waals surface area contributed by atoms with E-state index in [-0.39, 0.29) is 23.5 Å². The lowest BCUT2D eigenvalue weighted by Gasteiger charge is -2.14. The number of carbonyl (C=O) groups is 1. The third kappa shape index (κ3) is 4.94. The van der Waals surface area contributed by atoms with Crippen LogP contribution in [0, 0.1) is 17.0 Å². The zero-order valence-corrected chi connectivity index (χ0v) is 17.6. The second-order valence-electron chi connectivity index (χ2n) is 7.08. The molecule has 0 radical (unpaired) electrons. The summed E-state index contributed by atoms with van der Waals surface area (Å²) in [5.74, 6) is 1.30. The van der Waals surface area contributed by atoms with Crippen molar-refractivity contribution >= 4 is 29.0 Å². The number of benzene rings is 1. The number of furan rings is 1. The van der Waals surface area contributed by atoms with Crippen LogP contribution in [0.25, 0.3) is 11.4 Å². The highest BCUT2D eigenvalue weighted by molar-refractivity contribution is 7.99. The number of aromatic nitrogens is 3. The molecule has 31 heavy (non-hydrogen) atoms. The van der Waals surface area contributed by atoms with Crippen molar-refractivity contribution in [2.75, 3.05) is 17.7 Å². The molecule has 1 saturated heterocycles. The third-order valence-corrected chi connectivity index (χ3v) is 5.89. The van der Waals surface area contributed by atoms with Gasteiger partial charge in [-0.25, -0.2) is 0 Å². The Bertz CT molecular complexity index is 1070. The van der Waals surface area contributed by atoms with Crippen molar-refractivity contribution < 1.29 is 18.9 Å². The van der Waals surface area contributed by atoms with Crippen LogP contribution in [-0.2, 0) is 16.1 Å². The molecule has 2 aromatic heterocycles. The molecule has 0 saturated carbocycles. The van der Waals surface area contributed by atoms with Gasteiger partial charge in [-0.15, -0.1) is 10.2 Å². The number of rotatable bonds is 8. The molecule has 162 valence electrons. The first-order chi connectivity index (χ1) is 15.0. The number of nitrogens with zero attached hydrogens (tertiary/aromatic N) is 4. The molecule has 1 aliphatic heterocycles. The molecule has 0 spiro atoms. The van der Waals surface area contributed by atoms with Crippen LogP contribution in [0.2, 0.25) is 0 Å². The summed E-state index contributed by atoms with van der Waals surface area (Å²) in [6.07, 6.45) is 3.68. The molecule has 4 rings (SSSR count). The fourth-order valence-electron chi connectivity index (χ4n) is 3.36. The van der Waals surface area contributed by atoms with Gasteiger partial charge in [0.2, 0.25) is 5.91 Å². The number of carbonyl (C=O) groups excluding carboxylic acids is 1. The van der Waals surface area contributed by atoms with E-state index in [0.717, 1.165) is 30.8 Å². The number of amides is 1. The van der Waals surface area contributed by atoms with Gasteiger partial charge in [0.1, 0.15) is 5.76 Å². The Hall–Kier alpha value is -3.18. The Kier molecular flexibility index (Phi) is 6.33. The standard InChI is InChI=1S/C20H21N5O5S/c1-13-17(8-10-29-13)19-22-23-20(24(19)11-16-3-2-9-30-16)31-12-18(26)21-14-4-6-15(7-5-14)25(27)28/h4-8,10,16H,2-3,9,11-12H2,1H3,(H,21,26). The Morgan fingerprint density at radius 1 is 1.32 bits per heavy atom. The van der Waals surface area contributed by atoms with Crippen LogP contribution < -0.4 is 5.32 Å². The van der Waals surface area contributed by atoms with Crippen LogP contribution in [0.1, 0.15) is 18.6 Å². The van der Waals surface area contributed by atoms with Crippen molar-refractivity contribution in [3.63, 3.8) is 0 Å². The predicted molar refractivity (Wildman–Crippen MR) is 114 cm³/mol. The van der Waals surface area contributed by atoms with Crippen LogP contribution >= 0.6 is 11.8 Å². The van der Waals surface area contributed by atoms with Gasteiger partial charge in [0.25, 0.3) is 5.69 Å². The number of nitrogens with one attached hydrogen (secondary N) is 1. The lowest BCUT2D eigenvalue weighted by atomic mass is 10.2. The first-order valence-electron chi connectivity index (χ1n) is 9.77. The van der Waals surface area contributed by atoms with Crippen LogP contribution in [0.5, 0.6) is 0 Å². The van der Waals surface area contributed by atoms with Gasteiger partial charge in [0.05, 0.1) is 35.2 Å². The first-order valence-corrected chi connectivity index (χ1v) is 10.8. The molecule has 0 aliphatic carbocycles. The lowest BCUT2D eigenvalue weighted by Crippen LogP contribution is -2.18. The summed E-state index contributed by atoms with van der Waals surface area (Å²) in [5, 5.41) is 22.7. The fraction of sp³-hybridized carbons (Fsp3) is 0.350. The van der Waals surface area contributed by atoms with E-state index < -0.39 is 4.92 Å². The highest BCUT2D eigenvalue weighted by Gasteiger charge is 2.23. The minimum Gasteiger partial charge on any atom is -0.469 e. The number of hydrogen-bond donors (Lipinski definition) is 1. The minimum absolute atomic E-state index is 0.0309. The van der Waals surface area contributed by atoms with Crippen molar-refractivity contribution in [3.8, 4) is 11.4 Å². The molecule has 11 heteroatoms. The number of non-ortho nitro benzene ring substituents is 1. The van der Waals surface area contributed by atoms with E-state index in [2.05, 4.69) is 15.5 Å². The molecule has 1 aliphatic rings. The van der Waals surface area contributed by atoms with Gasteiger partial charge in [0, 0.05) is 24.4 Å². The number of aryl methyl sites for hydroxylation is 1. The number of thioether (sulfide) groups is 1. The summed E-state index contributed by atoms with van der Waals surface area (Å²) in [5.41, 5.74) is 1.32. The molecule has 0 bridgehead atoms. The summed E-state index contributed by atoms with van der Waals surface area (Å²) >= 11 is 1.27. The minimum atomic E-state index is -0.484. The average molecular weight is 443 g/mol. The van der Waals surface area contributed by atoms with Gasteiger partial charge < -0.3 is 14.5 Å². The van der Waals surface area contributed by atoms with Crippen LogP contribution in [-0.4, -0.2) is 44.1 Å². The van der Waals surface area contributed by atoms with E-state index in [0.29, 0.717) is 23.2 Å². The van der Waals surface area contributed by atoms with Crippen molar-refractivity contribution in [2.24, 2.45) is 0 Å². The maximum atomic E-state index is 12.4. The van der Waals surface area contributed by atoms with Gasteiger partial charge in [-0.3, -0.25) is 19.5 Å². The largest absolute Gasteiger partial charge is 0.469 e. The second kappa shape index (κ2) is 9.31. The van der Waals surface area contributed by atoms with E-state index >= 15 is 0 Å². The summed E-state index contributed by atoms with van der Waals surface area (Å²) in [7, 11) is 0. The normalized spacial score (nSPS) is 15.8. The van der Waals surface area contributed by atoms with Crippen molar-refractivity contribution in [2.45, 2.75) is 37.6 Å². The van der Waals surface area contributed by atoms with E-state index in [1.54, 1.807) is 6.26 Å². The smallest absolute Gasteiger partial charge is 0.269 e. The van der Waals surface area contributed by atoms with Gasteiger partial charge in [-0.2, -0.15) is 0 Å². The summed E-state index contributed by atoms with van der Waals surface area (Å²) in [4.78, 5) is 22.6. The Morgan fingerprint density at radius 3 is 2.77 bits per heavy atom. The third-order valence-electron chi connectivity index (χ3n) is 4.92. The molecule has 1 N–H and O–H groups in total. The lowest BCUT2D eigenvalue weighted by molar-refractivity contribution is -0.384. The molecule has 3 aromatic rings. The second-order valence-corrected chi connectivity index (χ2v) is 8.03. The van der Waals surface area contributed by atoms with E-state index in [1.165, 1.54) is 36.0 Å². The number of nitro benzene ring substituents is 1. The number of nitro groups is 1. The Morgan fingerprint density at radius 2 is 2.13 bits per heavy atom. The summed E-state index contributed by atoms with van der Waals surface area (Å²) in [6, 6.07) is 7.54. The van der Waals surface area contributed by atoms with Gasteiger partial charge in [-0.05, 0) is 38.0 Å². The first kappa shape index (κ1) is 21.1. The Labute approximate surface area is 182 Å². The monoisotopic (exact) mass is 443 g/mol. The van der Waals surface area contributed by atoms with Crippen LogP contribution in [0.15, 0.2) is 46.2 Å². The molecule has 1 unspecified atom stereocenters. The maximum absolute atomic E-state index is 12.4. The van der Waals surface area contributed by atoms with Crippen molar-refractivity contribution in [1.82, 2.24) is 14.8 Å². The fourth-order valence-corrected chi connectivity index (χ4v) is 4.11. The van der Waals surface area contributed by atoms with Crippen LogP contribution in [0.3, 0.4) is 0 Å². The highest BCUT2D eigenvalue weighted by Crippen LogP contribution is 2.29. The summed E-state index contributed by atoms with van der Waals surface area (Å²) in [6.45, 7) is 3.21. The summed E-state index contributed by atoms with van der Waals surface area (Å²) < 4.78 is 13.2. The van der Waals surface area contributed by atoms with E-state index in [9.17, 15) is 14.9 Å². The average Bonchev–Trinajstić information content (AvgIpc) is 3.49. The molecular weight excluding hydrogens is 422 g/mol. The zero-order valence-electron chi connectivity index (χ0n) is 16.8. The van der Waals surface area contributed by atoms with Gasteiger partial charge in [-0.1, -0.05) is 11.8 Å². The van der Waals surface area contributed by atoms with E-state index in [4.69, 9.17) is 9.15 Å². The molecule has 1 aromatic carbocycles. The number of ether oxygens (including phenoxy) is 1. The number of anilines is 1. The molecule has 10 nitrogen and oxygen atoms in total. The Balaban J connectivity index is 1.45. The molecule has 1 fully saturated rings. The van der Waals surface area contributed by atoms with E-state index in [1.807, 2.05) is 17.6 Å². The quantitative estimate of drug-likeness (QED) is 0.318. The molecule has 3 heterocycles. The SMILES string of the molecule is Cc1occc1-c1nnc(SCC(=O)Nc2ccc([N+](=O)[O-])cc2)n1CC1CCCO1. The van der Waals surface area contributed by atoms with Gasteiger partial charge >= 0.3 is 0 Å². The van der Waals surface area contributed by atoms with Crippen LogP contribution in [0.4, 0.5) is 11.4 Å². The molecule has 1 atom stereocenters. The maximum Gasteiger partial charge on any atom is 0.269 e. The molecule has 1 amide bonds. The topological polar surface area (TPSA) is 125 Å². The highest BCUT2D eigenvalue weighted by atomic mass is 32.2. The van der Waals surface area contributed by atoms with Crippen molar-refractivity contribution in [3.05, 3.63) is 52.5 Å². The van der Waals surface area contributed by atoms with Crippen molar-refractivity contribution in [1.29, 1.82) is 0 Å².